The van der Waals surface area contributed by atoms with Crippen LogP contribution in [-0.4, -0.2) is 32.5 Å². The zero-order chi connectivity index (χ0) is 17.7. The zero-order valence-electron chi connectivity index (χ0n) is 12.5. The van der Waals surface area contributed by atoms with Gasteiger partial charge in [-0.25, -0.2) is 9.78 Å². The number of esters is 1. The van der Waals surface area contributed by atoms with Crippen LogP contribution in [-0.2, 0) is 20.9 Å². The fourth-order valence-corrected chi connectivity index (χ4v) is 1.88. The molecule has 2 N–H and O–H groups in total. The fourth-order valence-electron chi connectivity index (χ4n) is 1.71. The molecule has 0 spiro atoms. The molecule has 10 heteroatoms. The van der Waals surface area contributed by atoms with Crippen LogP contribution in [0.5, 0.6) is 0 Å². The molecule has 0 aliphatic carbocycles. The van der Waals surface area contributed by atoms with E-state index in [9.17, 15) is 19.2 Å². The number of rotatable bonds is 5. The van der Waals surface area contributed by atoms with E-state index in [0.717, 1.165) is 16.8 Å². The first-order chi connectivity index (χ1) is 11.4. The molecule has 0 saturated heterocycles. The van der Waals surface area contributed by atoms with Crippen molar-refractivity contribution < 1.29 is 14.3 Å². The fraction of sp³-hybridized carbons (Fsp3) is 0.214. The van der Waals surface area contributed by atoms with E-state index in [1.54, 1.807) is 12.1 Å². The van der Waals surface area contributed by atoms with Gasteiger partial charge >= 0.3 is 11.7 Å². The van der Waals surface area contributed by atoms with Crippen LogP contribution in [0.4, 0.5) is 5.69 Å². The lowest BCUT2D eigenvalue weighted by molar-refractivity contribution is -0.153. The SMILES string of the molecule is C[C@H](OC(=O)Cn1ccc(=O)[nH]c1=O)C(=O)Nc1cccnc1Cl. The Balaban J connectivity index is 1.95. The molecule has 0 unspecified atom stereocenters. The second-order valence-electron chi connectivity index (χ2n) is 4.70. The number of carbonyl (C=O) groups excluding carboxylic acids is 2. The summed E-state index contributed by atoms with van der Waals surface area (Å²) in [4.78, 5) is 52.0. The van der Waals surface area contributed by atoms with Crippen molar-refractivity contribution in [3.05, 3.63) is 56.6 Å². The van der Waals surface area contributed by atoms with Gasteiger partial charge in [0.2, 0.25) is 0 Å². The number of carbonyl (C=O) groups is 2. The average molecular weight is 353 g/mol. The van der Waals surface area contributed by atoms with Crippen molar-refractivity contribution >= 4 is 29.2 Å². The Kier molecular flexibility index (Phi) is 5.48. The molecule has 9 nitrogen and oxygen atoms in total. The standard InChI is InChI=1S/C14H13ClN4O5/c1-8(13(22)17-9-3-2-5-16-12(9)15)24-11(21)7-19-6-4-10(20)18-14(19)23/h2-6,8H,7H2,1H3,(H,17,22)(H,18,20,23)/t8-/m0/s1. The highest BCUT2D eigenvalue weighted by Gasteiger charge is 2.19. The highest BCUT2D eigenvalue weighted by atomic mass is 35.5. The van der Waals surface area contributed by atoms with Crippen molar-refractivity contribution in [1.82, 2.24) is 14.5 Å². The summed E-state index contributed by atoms with van der Waals surface area (Å²) in [5.74, 6) is -1.42. The van der Waals surface area contributed by atoms with Crippen molar-refractivity contribution in [1.29, 1.82) is 0 Å². The lowest BCUT2D eigenvalue weighted by atomic mass is 10.3. The summed E-state index contributed by atoms with van der Waals surface area (Å²) in [5.41, 5.74) is -1.05. The third-order valence-corrected chi connectivity index (χ3v) is 3.19. The summed E-state index contributed by atoms with van der Waals surface area (Å²) in [5, 5.41) is 2.57. The lowest BCUT2D eigenvalue weighted by Gasteiger charge is -2.14. The van der Waals surface area contributed by atoms with Crippen LogP contribution in [0, 0.1) is 0 Å². The van der Waals surface area contributed by atoms with E-state index in [2.05, 4.69) is 10.3 Å². The normalized spacial score (nSPS) is 11.6. The molecule has 2 heterocycles. The number of H-pyrrole nitrogens is 1. The van der Waals surface area contributed by atoms with Crippen LogP contribution >= 0.6 is 11.6 Å². The first-order valence-corrected chi connectivity index (χ1v) is 7.15. The van der Waals surface area contributed by atoms with Gasteiger partial charge in [0.05, 0.1) is 5.69 Å². The third kappa shape index (κ3) is 4.53. The topological polar surface area (TPSA) is 123 Å². The van der Waals surface area contributed by atoms with Gasteiger partial charge in [-0.15, -0.1) is 0 Å². The zero-order valence-corrected chi connectivity index (χ0v) is 13.2. The molecule has 0 radical (unpaired) electrons. The largest absolute Gasteiger partial charge is 0.451 e. The van der Waals surface area contributed by atoms with Crippen LogP contribution < -0.4 is 16.6 Å². The van der Waals surface area contributed by atoms with Crippen LogP contribution in [0.15, 0.2) is 40.2 Å². The Morgan fingerprint density at radius 3 is 2.83 bits per heavy atom. The predicted molar refractivity (Wildman–Crippen MR) is 84.8 cm³/mol. The molecule has 0 saturated carbocycles. The Hall–Kier alpha value is -2.94. The van der Waals surface area contributed by atoms with Gasteiger partial charge in [0.1, 0.15) is 6.54 Å². The molecule has 2 aromatic rings. The Labute approximate surface area is 140 Å². The minimum Gasteiger partial charge on any atom is -0.451 e. The van der Waals surface area contributed by atoms with E-state index in [4.69, 9.17) is 16.3 Å². The van der Waals surface area contributed by atoms with Crippen molar-refractivity contribution in [2.75, 3.05) is 5.32 Å². The van der Waals surface area contributed by atoms with Crippen LogP contribution in [0.25, 0.3) is 0 Å². The molecule has 1 amide bonds. The summed E-state index contributed by atoms with van der Waals surface area (Å²) < 4.78 is 5.90. The molecule has 24 heavy (non-hydrogen) atoms. The molecule has 0 aromatic carbocycles. The summed E-state index contributed by atoms with van der Waals surface area (Å²) in [6.45, 7) is 0.925. The number of aromatic nitrogens is 3. The number of hydrogen-bond donors (Lipinski definition) is 2. The number of halogens is 1. The number of ether oxygens (including phenoxy) is 1. The number of nitrogens with zero attached hydrogens (tertiary/aromatic N) is 2. The van der Waals surface area contributed by atoms with Gasteiger partial charge in [0.15, 0.2) is 11.3 Å². The molecule has 126 valence electrons. The number of pyridine rings is 1. The number of hydrogen-bond acceptors (Lipinski definition) is 6. The maximum Gasteiger partial charge on any atom is 0.328 e. The second kappa shape index (κ2) is 7.55. The lowest BCUT2D eigenvalue weighted by Crippen LogP contribution is -2.35. The van der Waals surface area contributed by atoms with E-state index in [0.29, 0.717) is 0 Å². The third-order valence-electron chi connectivity index (χ3n) is 2.89. The smallest absolute Gasteiger partial charge is 0.328 e. The van der Waals surface area contributed by atoms with Gasteiger partial charge in [-0.05, 0) is 19.1 Å². The van der Waals surface area contributed by atoms with Crippen molar-refractivity contribution in [3.63, 3.8) is 0 Å². The van der Waals surface area contributed by atoms with Gasteiger partial charge in [-0.3, -0.25) is 23.9 Å². The summed E-state index contributed by atoms with van der Waals surface area (Å²) in [6.07, 6.45) is 1.50. The van der Waals surface area contributed by atoms with E-state index in [-0.39, 0.29) is 10.8 Å². The molecule has 0 bridgehead atoms. The molecule has 1 atom stereocenters. The Morgan fingerprint density at radius 2 is 2.17 bits per heavy atom. The molecule has 2 rings (SSSR count). The maximum absolute atomic E-state index is 12.0. The van der Waals surface area contributed by atoms with Crippen LogP contribution in [0.3, 0.4) is 0 Å². The van der Waals surface area contributed by atoms with Gasteiger partial charge in [-0.2, -0.15) is 0 Å². The van der Waals surface area contributed by atoms with Crippen molar-refractivity contribution in [2.24, 2.45) is 0 Å². The minimum absolute atomic E-state index is 0.101. The van der Waals surface area contributed by atoms with E-state index < -0.39 is 35.8 Å². The van der Waals surface area contributed by atoms with Crippen LogP contribution in [0.2, 0.25) is 5.15 Å². The highest BCUT2D eigenvalue weighted by molar-refractivity contribution is 6.32. The summed E-state index contributed by atoms with van der Waals surface area (Å²) in [7, 11) is 0. The van der Waals surface area contributed by atoms with E-state index >= 15 is 0 Å². The van der Waals surface area contributed by atoms with Gasteiger partial charge in [-0.1, -0.05) is 11.6 Å². The molecular weight excluding hydrogens is 340 g/mol. The first kappa shape index (κ1) is 17.4. The van der Waals surface area contributed by atoms with Crippen molar-refractivity contribution in [3.8, 4) is 0 Å². The number of nitrogens with one attached hydrogen (secondary N) is 2. The van der Waals surface area contributed by atoms with Gasteiger partial charge < -0.3 is 10.1 Å². The van der Waals surface area contributed by atoms with Gasteiger partial charge in [0.25, 0.3) is 11.5 Å². The average Bonchev–Trinajstić information content (AvgIpc) is 2.52. The van der Waals surface area contributed by atoms with E-state index in [1.807, 2.05) is 4.98 Å². The highest BCUT2D eigenvalue weighted by Crippen LogP contribution is 2.17. The molecule has 0 aliphatic heterocycles. The quantitative estimate of drug-likeness (QED) is 0.583. The summed E-state index contributed by atoms with van der Waals surface area (Å²) in [6, 6.07) is 4.22. The predicted octanol–water partition coefficient (Wildman–Crippen LogP) is 0.155. The molecule has 2 aromatic heterocycles. The molecule has 0 fully saturated rings. The maximum atomic E-state index is 12.0. The minimum atomic E-state index is -1.12. The summed E-state index contributed by atoms with van der Waals surface area (Å²) >= 11 is 5.82. The number of aromatic amines is 1. The monoisotopic (exact) mass is 352 g/mol. The molecule has 0 aliphatic rings. The first-order valence-electron chi connectivity index (χ1n) is 6.77. The van der Waals surface area contributed by atoms with E-state index in [1.165, 1.54) is 13.1 Å². The van der Waals surface area contributed by atoms with Crippen LogP contribution in [0.1, 0.15) is 6.92 Å². The Morgan fingerprint density at radius 1 is 1.42 bits per heavy atom. The molecular formula is C14H13ClN4O5. The number of amides is 1. The second-order valence-corrected chi connectivity index (χ2v) is 5.06. The van der Waals surface area contributed by atoms with Crippen molar-refractivity contribution in [2.45, 2.75) is 19.6 Å². The van der Waals surface area contributed by atoms with Gasteiger partial charge in [0, 0.05) is 18.5 Å². The number of anilines is 1. The Bertz CT molecular complexity index is 876.